The zero-order valence-corrected chi connectivity index (χ0v) is 5.47. The van der Waals surface area contributed by atoms with Crippen LogP contribution in [0.4, 0.5) is 0 Å². The molecule has 1 heterocycles. The van der Waals surface area contributed by atoms with E-state index in [1.807, 2.05) is 0 Å². The second-order valence-corrected chi connectivity index (χ2v) is 2.64. The standard InChI is InChI=1S/C6H13NO2/c7-6(1-3-8)2-4-9-5-6/h8H,1-5,7H2. The lowest BCUT2D eigenvalue weighted by molar-refractivity contribution is 0.164. The summed E-state index contributed by atoms with van der Waals surface area (Å²) in [4.78, 5) is 0. The molecule has 0 aliphatic carbocycles. The number of nitrogens with two attached hydrogens (primary N) is 1. The van der Waals surface area contributed by atoms with Crippen molar-refractivity contribution in [2.75, 3.05) is 19.8 Å². The molecular formula is C6H13NO2. The molecule has 1 saturated heterocycles. The van der Waals surface area contributed by atoms with Gasteiger partial charge in [0.2, 0.25) is 0 Å². The Hall–Kier alpha value is -0.120. The van der Waals surface area contributed by atoms with E-state index >= 15 is 0 Å². The molecule has 1 fully saturated rings. The average Bonchev–Trinajstić information content (AvgIpc) is 2.16. The van der Waals surface area contributed by atoms with E-state index in [1.54, 1.807) is 0 Å². The summed E-state index contributed by atoms with van der Waals surface area (Å²) in [5.41, 5.74) is 5.56. The van der Waals surface area contributed by atoms with Crippen molar-refractivity contribution in [3.05, 3.63) is 0 Å². The summed E-state index contributed by atoms with van der Waals surface area (Å²) in [5.74, 6) is 0. The van der Waals surface area contributed by atoms with Gasteiger partial charge in [-0.05, 0) is 12.8 Å². The third kappa shape index (κ3) is 1.64. The molecular weight excluding hydrogens is 118 g/mol. The third-order valence-corrected chi connectivity index (χ3v) is 1.74. The Bertz CT molecular complexity index is 89.1. The number of rotatable bonds is 2. The molecule has 1 aliphatic rings. The van der Waals surface area contributed by atoms with Gasteiger partial charge in [0, 0.05) is 18.8 Å². The summed E-state index contributed by atoms with van der Waals surface area (Å²) in [5, 5.41) is 8.56. The Morgan fingerprint density at radius 2 is 2.44 bits per heavy atom. The van der Waals surface area contributed by atoms with E-state index in [4.69, 9.17) is 15.6 Å². The molecule has 0 aromatic carbocycles. The summed E-state index contributed by atoms with van der Waals surface area (Å²) in [6.45, 7) is 1.52. The Labute approximate surface area is 54.8 Å². The quantitative estimate of drug-likeness (QED) is 0.530. The molecule has 1 atom stereocenters. The van der Waals surface area contributed by atoms with Crippen LogP contribution in [0.15, 0.2) is 0 Å². The minimum absolute atomic E-state index is 0.167. The average molecular weight is 131 g/mol. The van der Waals surface area contributed by atoms with Crippen LogP contribution in [-0.4, -0.2) is 30.5 Å². The van der Waals surface area contributed by atoms with Crippen LogP contribution in [0.1, 0.15) is 12.8 Å². The lowest BCUT2D eigenvalue weighted by atomic mass is 9.97. The summed E-state index contributed by atoms with van der Waals surface area (Å²) in [7, 11) is 0. The SMILES string of the molecule is NC1(CCO)CCOC1. The molecule has 1 aliphatic heterocycles. The largest absolute Gasteiger partial charge is 0.396 e. The fraction of sp³-hybridized carbons (Fsp3) is 1.00. The first-order chi connectivity index (χ1) is 4.27. The maximum Gasteiger partial charge on any atom is 0.0647 e. The van der Waals surface area contributed by atoms with Gasteiger partial charge in [0.1, 0.15) is 0 Å². The van der Waals surface area contributed by atoms with Crippen molar-refractivity contribution in [3.8, 4) is 0 Å². The van der Waals surface area contributed by atoms with Crippen LogP contribution in [0.3, 0.4) is 0 Å². The second-order valence-electron chi connectivity index (χ2n) is 2.64. The topological polar surface area (TPSA) is 55.5 Å². The molecule has 1 unspecified atom stereocenters. The molecule has 0 spiro atoms. The van der Waals surface area contributed by atoms with Crippen LogP contribution in [0, 0.1) is 0 Å². The monoisotopic (exact) mass is 131 g/mol. The van der Waals surface area contributed by atoms with Crippen molar-refractivity contribution in [2.24, 2.45) is 5.73 Å². The van der Waals surface area contributed by atoms with E-state index in [2.05, 4.69) is 0 Å². The molecule has 0 aromatic heterocycles. The fourth-order valence-electron chi connectivity index (χ4n) is 1.04. The molecule has 3 nitrogen and oxygen atoms in total. The number of aliphatic hydroxyl groups is 1. The molecule has 0 aromatic rings. The van der Waals surface area contributed by atoms with Gasteiger partial charge in [-0.1, -0.05) is 0 Å². The Morgan fingerprint density at radius 1 is 1.67 bits per heavy atom. The van der Waals surface area contributed by atoms with Crippen molar-refractivity contribution in [3.63, 3.8) is 0 Å². The van der Waals surface area contributed by atoms with E-state index in [0.717, 1.165) is 13.0 Å². The van der Waals surface area contributed by atoms with Crippen LogP contribution in [0.25, 0.3) is 0 Å². The van der Waals surface area contributed by atoms with Crippen LogP contribution in [0.5, 0.6) is 0 Å². The Kier molecular flexibility index (Phi) is 2.05. The predicted molar refractivity (Wildman–Crippen MR) is 34.1 cm³/mol. The first kappa shape index (κ1) is 6.99. The van der Waals surface area contributed by atoms with Crippen LogP contribution in [-0.2, 0) is 4.74 Å². The van der Waals surface area contributed by atoms with Crippen molar-refractivity contribution >= 4 is 0 Å². The van der Waals surface area contributed by atoms with Gasteiger partial charge in [-0.2, -0.15) is 0 Å². The van der Waals surface area contributed by atoms with Crippen molar-refractivity contribution < 1.29 is 9.84 Å². The van der Waals surface area contributed by atoms with Gasteiger partial charge in [0.05, 0.1) is 6.61 Å². The Morgan fingerprint density at radius 3 is 2.89 bits per heavy atom. The maximum atomic E-state index is 8.56. The van der Waals surface area contributed by atoms with Crippen molar-refractivity contribution in [1.29, 1.82) is 0 Å². The third-order valence-electron chi connectivity index (χ3n) is 1.74. The fourth-order valence-corrected chi connectivity index (χ4v) is 1.04. The summed E-state index contributed by atoms with van der Waals surface area (Å²) in [6.07, 6.45) is 1.54. The molecule has 0 radical (unpaired) electrons. The van der Waals surface area contributed by atoms with Crippen molar-refractivity contribution in [1.82, 2.24) is 0 Å². The van der Waals surface area contributed by atoms with Gasteiger partial charge in [-0.25, -0.2) is 0 Å². The van der Waals surface area contributed by atoms with Gasteiger partial charge in [0.25, 0.3) is 0 Å². The highest BCUT2D eigenvalue weighted by Gasteiger charge is 2.29. The highest BCUT2D eigenvalue weighted by Crippen LogP contribution is 2.18. The summed E-state index contributed by atoms with van der Waals surface area (Å²) >= 11 is 0. The highest BCUT2D eigenvalue weighted by molar-refractivity contribution is 4.87. The zero-order chi connectivity index (χ0) is 6.74. The molecule has 3 N–H and O–H groups in total. The van der Waals surface area contributed by atoms with E-state index in [0.29, 0.717) is 13.0 Å². The molecule has 0 saturated carbocycles. The molecule has 0 amide bonds. The van der Waals surface area contributed by atoms with Gasteiger partial charge in [-0.15, -0.1) is 0 Å². The normalized spacial score (nSPS) is 35.3. The van der Waals surface area contributed by atoms with Gasteiger partial charge < -0.3 is 15.6 Å². The Balaban J connectivity index is 2.32. The van der Waals surface area contributed by atoms with Crippen LogP contribution < -0.4 is 5.73 Å². The van der Waals surface area contributed by atoms with Gasteiger partial charge >= 0.3 is 0 Å². The first-order valence-electron chi connectivity index (χ1n) is 3.24. The van der Waals surface area contributed by atoms with E-state index < -0.39 is 0 Å². The van der Waals surface area contributed by atoms with Crippen molar-refractivity contribution in [2.45, 2.75) is 18.4 Å². The van der Waals surface area contributed by atoms with E-state index in [-0.39, 0.29) is 12.1 Å². The van der Waals surface area contributed by atoms with Gasteiger partial charge in [-0.3, -0.25) is 0 Å². The highest BCUT2D eigenvalue weighted by atomic mass is 16.5. The maximum absolute atomic E-state index is 8.56. The molecule has 54 valence electrons. The molecule has 3 heteroatoms. The number of aliphatic hydroxyl groups excluding tert-OH is 1. The molecule has 0 bridgehead atoms. The molecule has 1 rings (SSSR count). The lowest BCUT2D eigenvalue weighted by Gasteiger charge is -2.19. The second kappa shape index (κ2) is 2.64. The smallest absolute Gasteiger partial charge is 0.0647 e. The summed E-state index contributed by atoms with van der Waals surface area (Å²) < 4.78 is 5.08. The molecule has 9 heavy (non-hydrogen) atoms. The van der Waals surface area contributed by atoms with E-state index in [9.17, 15) is 0 Å². The van der Waals surface area contributed by atoms with Crippen LogP contribution >= 0.6 is 0 Å². The first-order valence-corrected chi connectivity index (χ1v) is 3.24. The lowest BCUT2D eigenvalue weighted by Crippen LogP contribution is -2.40. The minimum Gasteiger partial charge on any atom is -0.396 e. The summed E-state index contributed by atoms with van der Waals surface area (Å²) in [6, 6.07) is 0. The van der Waals surface area contributed by atoms with Crippen LogP contribution in [0.2, 0.25) is 0 Å². The number of hydrogen-bond donors (Lipinski definition) is 2. The number of ether oxygens (including phenoxy) is 1. The predicted octanol–water partition coefficient (Wildman–Crippen LogP) is -0.513. The number of hydrogen-bond acceptors (Lipinski definition) is 3. The van der Waals surface area contributed by atoms with E-state index in [1.165, 1.54) is 0 Å². The zero-order valence-electron chi connectivity index (χ0n) is 5.47. The minimum atomic E-state index is -0.227. The van der Waals surface area contributed by atoms with Gasteiger partial charge in [0.15, 0.2) is 0 Å².